The predicted octanol–water partition coefficient (Wildman–Crippen LogP) is 1.51. The number of aliphatic hydroxyl groups excluding tert-OH is 4. The fraction of sp³-hybridized carbons (Fsp3) is 0.895. The van der Waals surface area contributed by atoms with E-state index >= 15 is 0 Å². The molecule has 2 saturated heterocycles. The van der Waals surface area contributed by atoms with Crippen molar-refractivity contribution in [3.05, 3.63) is 11.6 Å². The third-order valence-electron chi connectivity index (χ3n) is 14.7. The maximum Gasteiger partial charge on any atom is 0.331 e. The van der Waals surface area contributed by atoms with Gasteiger partial charge in [-0.25, -0.2) is 4.79 Å². The van der Waals surface area contributed by atoms with Crippen molar-refractivity contribution in [2.45, 2.75) is 159 Å². The summed E-state index contributed by atoms with van der Waals surface area (Å²) in [4.78, 5) is 23.7. The van der Waals surface area contributed by atoms with Gasteiger partial charge in [0.1, 0.15) is 43.2 Å². The summed E-state index contributed by atoms with van der Waals surface area (Å²) in [6, 6.07) is 0. The zero-order valence-electron chi connectivity index (χ0n) is 30.9. The van der Waals surface area contributed by atoms with Crippen molar-refractivity contribution in [2.75, 3.05) is 20.3 Å². The lowest BCUT2D eigenvalue weighted by Gasteiger charge is -2.64. The Morgan fingerprint density at radius 1 is 0.904 bits per heavy atom. The summed E-state index contributed by atoms with van der Waals surface area (Å²) in [5.41, 5.74) is 0.0153. The van der Waals surface area contributed by atoms with Crippen molar-refractivity contribution in [2.24, 2.45) is 34.5 Å². The molecule has 14 nitrogen and oxygen atoms in total. The van der Waals surface area contributed by atoms with Gasteiger partial charge in [-0.3, -0.25) is 4.79 Å². The van der Waals surface area contributed by atoms with Crippen LogP contribution in [0.4, 0.5) is 0 Å². The van der Waals surface area contributed by atoms with Crippen LogP contribution in [-0.2, 0) is 42.7 Å². The van der Waals surface area contributed by atoms with Crippen LogP contribution in [0.5, 0.6) is 0 Å². The van der Waals surface area contributed by atoms with Crippen LogP contribution in [0.1, 0.15) is 85.5 Å². The molecule has 0 amide bonds. The molecule has 3 aliphatic heterocycles. The Labute approximate surface area is 305 Å². The number of aliphatic hydroxyl groups is 5. The Morgan fingerprint density at radius 3 is 2.35 bits per heavy atom. The number of carbonyl (C=O) groups excluding carboxylic acids is 2. The van der Waals surface area contributed by atoms with E-state index in [0.29, 0.717) is 18.4 Å². The first kappa shape index (κ1) is 38.6. The minimum atomic E-state index is -1.60. The highest BCUT2D eigenvalue weighted by atomic mass is 16.8. The molecule has 4 saturated carbocycles. The topological polar surface area (TPSA) is 200 Å². The lowest BCUT2D eigenvalue weighted by molar-refractivity contribution is -0.362. The van der Waals surface area contributed by atoms with Gasteiger partial charge >= 0.3 is 11.9 Å². The molecular formula is C38H58O14. The van der Waals surface area contributed by atoms with E-state index in [9.17, 15) is 35.1 Å². The molecule has 0 bridgehead atoms. The van der Waals surface area contributed by atoms with Crippen molar-refractivity contribution in [1.82, 2.24) is 0 Å². The quantitative estimate of drug-likeness (QED) is 0.177. The molecule has 0 aromatic rings. The van der Waals surface area contributed by atoms with Crippen LogP contribution < -0.4 is 0 Å². The molecule has 7 rings (SSSR count). The van der Waals surface area contributed by atoms with Crippen molar-refractivity contribution in [3.63, 3.8) is 0 Å². The van der Waals surface area contributed by atoms with E-state index in [2.05, 4.69) is 13.8 Å². The SMILES string of the molecule is CO[C@H]1[C@H](O)[C@H](O[C@H]2CC[C@@]3(C)[C@H](CC[C@@H]4[C@@H]3CC[C@]3(C)[C@@H](C5=CC(=O)OC5)CC[C@]43O)C2)O[C@@H](C)[C@@H]1O[C@@H]1O[C@H](CO)[C@@H](O)[C@H](O)[C@H]1OC(C)=O. The molecule has 4 aliphatic carbocycles. The summed E-state index contributed by atoms with van der Waals surface area (Å²) in [6.45, 7) is 7.25. The largest absolute Gasteiger partial charge is 0.458 e. The maximum absolute atomic E-state index is 12.6. The predicted molar refractivity (Wildman–Crippen MR) is 180 cm³/mol. The van der Waals surface area contributed by atoms with Gasteiger partial charge in [0.2, 0.25) is 0 Å². The fourth-order valence-electron chi connectivity index (χ4n) is 11.9. The molecule has 0 spiro atoms. The van der Waals surface area contributed by atoms with E-state index < -0.39 is 79.6 Å². The number of cyclic esters (lactones) is 1. The van der Waals surface area contributed by atoms with E-state index in [-0.39, 0.29) is 34.7 Å². The number of hydrogen-bond acceptors (Lipinski definition) is 14. The van der Waals surface area contributed by atoms with E-state index in [1.54, 1.807) is 13.0 Å². The Balaban J connectivity index is 0.997. The Morgan fingerprint density at radius 2 is 1.67 bits per heavy atom. The second-order valence-electron chi connectivity index (χ2n) is 17.1. The van der Waals surface area contributed by atoms with Gasteiger partial charge in [0.15, 0.2) is 18.7 Å². The number of carbonyl (C=O) groups is 2. The summed E-state index contributed by atoms with van der Waals surface area (Å²) >= 11 is 0. The normalized spacial score (nSPS) is 51.8. The first-order valence-electron chi connectivity index (χ1n) is 19.2. The van der Waals surface area contributed by atoms with Gasteiger partial charge in [0, 0.05) is 25.5 Å². The van der Waals surface area contributed by atoms with Crippen LogP contribution in [0.15, 0.2) is 11.6 Å². The molecule has 3 heterocycles. The maximum atomic E-state index is 12.6. The molecule has 0 unspecified atom stereocenters. The van der Waals surface area contributed by atoms with Gasteiger partial charge in [-0.05, 0) is 99.4 Å². The highest BCUT2D eigenvalue weighted by molar-refractivity contribution is 5.85. The fourth-order valence-corrected chi connectivity index (χ4v) is 11.9. The molecule has 6 fully saturated rings. The standard InChI is InChI=1S/C38H58O14/c1-18-31(52-35-33(49-19(2)40)29(43)28(42)26(16-39)51-35)32(46-5)30(44)34(48-18)50-22-8-11-36(3)21(15-22)6-7-25-24(36)9-12-37(4)23(10-13-38(25,37)45)20-14-27(41)47-17-20/h14,18,21-26,28-35,39,42-45H,6-13,15-17H2,1-5H3/t18-,21+,22-,23+,24-,25+,26+,28+,29-,30-,31-,32-,33+,34-,35-,36-,37+,38-/m0/s1. The van der Waals surface area contributed by atoms with Crippen molar-refractivity contribution >= 4 is 11.9 Å². The molecule has 294 valence electrons. The first-order chi connectivity index (χ1) is 24.6. The molecule has 0 radical (unpaired) electrons. The van der Waals surface area contributed by atoms with Gasteiger partial charge in [0.05, 0.1) is 24.4 Å². The lowest BCUT2D eigenvalue weighted by atomic mass is 9.43. The van der Waals surface area contributed by atoms with Crippen LogP contribution in [0.2, 0.25) is 0 Å². The van der Waals surface area contributed by atoms with Gasteiger partial charge in [-0.2, -0.15) is 0 Å². The minimum Gasteiger partial charge on any atom is -0.458 e. The molecule has 18 atom stereocenters. The Hall–Kier alpha value is -1.72. The molecule has 7 aliphatic rings. The molecule has 0 aromatic heterocycles. The number of ether oxygens (including phenoxy) is 7. The summed E-state index contributed by atoms with van der Waals surface area (Å²) in [5.74, 6) is 0.125. The van der Waals surface area contributed by atoms with E-state index in [4.69, 9.17) is 33.2 Å². The number of hydrogen-bond donors (Lipinski definition) is 5. The molecule has 14 heteroatoms. The number of fused-ring (bicyclic) bond motifs is 5. The monoisotopic (exact) mass is 738 g/mol. The summed E-state index contributed by atoms with van der Waals surface area (Å²) in [7, 11) is 1.43. The zero-order valence-corrected chi connectivity index (χ0v) is 30.9. The van der Waals surface area contributed by atoms with E-state index in [1.807, 2.05) is 0 Å². The lowest BCUT2D eigenvalue weighted by Crippen LogP contribution is -2.65. The van der Waals surface area contributed by atoms with E-state index in [1.165, 1.54) is 7.11 Å². The second kappa shape index (κ2) is 14.4. The van der Waals surface area contributed by atoms with Gasteiger partial charge in [-0.15, -0.1) is 0 Å². The van der Waals surface area contributed by atoms with Crippen LogP contribution in [0, 0.1) is 34.5 Å². The Bertz CT molecular complexity index is 1370. The summed E-state index contributed by atoms with van der Waals surface area (Å²) in [5, 5.41) is 54.8. The number of methoxy groups -OCH3 is 1. The number of esters is 2. The van der Waals surface area contributed by atoms with Crippen molar-refractivity contribution in [3.8, 4) is 0 Å². The third-order valence-corrected chi connectivity index (χ3v) is 14.7. The van der Waals surface area contributed by atoms with Crippen LogP contribution >= 0.6 is 0 Å². The molecule has 0 aromatic carbocycles. The van der Waals surface area contributed by atoms with Crippen LogP contribution in [-0.4, -0.2) is 131 Å². The molecule has 52 heavy (non-hydrogen) atoms. The van der Waals surface area contributed by atoms with Crippen molar-refractivity contribution < 1.29 is 68.3 Å². The second-order valence-corrected chi connectivity index (χ2v) is 17.1. The highest BCUT2D eigenvalue weighted by Gasteiger charge is 2.68. The van der Waals surface area contributed by atoms with Crippen LogP contribution in [0.3, 0.4) is 0 Å². The summed E-state index contributed by atoms with van der Waals surface area (Å²) < 4.78 is 40.8. The third kappa shape index (κ3) is 6.26. The highest BCUT2D eigenvalue weighted by Crippen LogP contribution is 2.70. The average molecular weight is 739 g/mol. The first-order valence-corrected chi connectivity index (χ1v) is 19.2. The Kier molecular flexibility index (Phi) is 10.7. The molecular weight excluding hydrogens is 680 g/mol. The minimum absolute atomic E-state index is 0.0417. The van der Waals surface area contributed by atoms with Crippen LogP contribution in [0.25, 0.3) is 0 Å². The van der Waals surface area contributed by atoms with Gasteiger partial charge < -0.3 is 58.7 Å². The van der Waals surface area contributed by atoms with Crippen molar-refractivity contribution in [1.29, 1.82) is 0 Å². The smallest absolute Gasteiger partial charge is 0.331 e. The zero-order chi connectivity index (χ0) is 37.3. The average Bonchev–Trinajstić information content (AvgIpc) is 3.65. The molecule has 5 N–H and O–H groups in total. The van der Waals surface area contributed by atoms with Gasteiger partial charge in [0.25, 0.3) is 0 Å². The number of rotatable bonds is 8. The summed E-state index contributed by atoms with van der Waals surface area (Å²) in [6.07, 6.45) is -2.48. The van der Waals surface area contributed by atoms with E-state index in [0.717, 1.165) is 70.3 Å². The van der Waals surface area contributed by atoms with Gasteiger partial charge in [-0.1, -0.05) is 13.8 Å².